The Morgan fingerprint density at radius 1 is 1.09 bits per heavy atom. The van der Waals surface area contributed by atoms with Crippen LogP contribution in [0.15, 0.2) is 51.4 Å². The van der Waals surface area contributed by atoms with Crippen LogP contribution in [-0.2, 0) is 0 Å². The Morgan fingerprint density at radius 2 is 1.78 bits per heavy atom. The van der Waals surface area contributed by atoms with Crippen LogP contribution in [0.25, 0.3) is 0 Å². The van der Waals surface area contributed by atoms with Crippen molar-refractivity contribution < 1.29 is 9.53 Å². The number of hydrogen-bond donors (Lipinski definition) is 3. The molecule has 7 heteroatoms. The van der Waals surface area contributed by atoms with Crippen molar-refractivity contribution in [2.24, 2.45) is 5.84 Å². The van der Waals surface area contributed by atoms with Crippen LogP contribution in [0.4, 0.5) is 5.69 Å². The fourth-order valence-corrected chi connectivity index (χ4v) is 2.58. The van der Waals surface area contributed by atoms with E-state index in [0.29, 0.717) is 18.7 Å². The number of anilines is 1. The number of halogens is 2. The van der Waals surface area contributed by atoms with Crippen molar-refractivity contribution in [2.75, 3.05) is 18.5 Å². The molecule has 0 aliphatic carbocycles. The van der Waals surface area contributed by atoms with Crippen molar-refractivity contribution in [1.82, 2.24) is 5.43 Å². The monoisotopic (exact) mass is 441 g/mol. The second kappa shape index (κ2) is 8.90. The predicted molar refractivity (Wildman–Crippen MR) is 98.5 cm³/mol. The number of nitrogen functional groups attached to an aromatic ring is 1. The van der Waals surface area contributed by atoms with Gasteiger partial charge in [0.25, 0.3) is 5.91 Å². The Bertz CT molecular complexity index is 663. The van der Waals surface area contributed by atoms with Crippen molar-refractivity contribution in [1.29, 1.82) is 0 Å². The summed E-state index contributed by atoms with van der Waals surface area (Å²) in [5, 5.41) is 3.23. The molecule has 2 aromatic rings. The lowest BCUT2D eigenvalue weighted by Gasteiger charge is -2.12. The molecule has 0 saturated carbocycles. The Balaban J connectivity index is 1.82. The second-order valence-corrected chi connectivity index (χ2v) is 6.58. The quantitative estimate of drug-likeness (QED) is 0.264. The molecule has 0 aliphatic heterocycles. The lowest BCUT2D eigenvalue weighted by molar-refractivity contribution is 0.0954. The summed E-state index contributed by atoms with van der Waals surface area (Å²) in [6.45, 7) is 1.27. The number of hydrogen-bond acceptors (Lipinski definition) is 4. The van der Waals surface area contributed by atoms with Gasteiger partial charge in [-0.25, -0.2) is 5.84 Å². The molecular formula is C16H17Br2N3O2. The summed E-state index contributed by atoms with van der Waals surface area (Å²) in [7, 11) is 0. The minimum absolute atomic E-state index is 0.333. The Kier molecular flexibility index (Phi) is 6.88. The van der Waals surface area contributed by atoms with Crippen LogP contribution in [0.1, 0.15) is 16.8 Å². The molecule has 4 N–H and O–H groups in total. The lowest BCUT2D eigenvalue weighted by atomic mass is 10.1. The van der Waals surface area contributed by atoms with E-state index in [1.807, 2.05) is 36.4 Å². The average Bonchev–Trinajstić information content (AvgIpc) is 2.56. The molecular weight excluding hydrogens is 426 g/mol. The van der Waals surface area contributed by atoms with E-state index in [0.717, 1.165) is 26.8 Å². The molecule has 0 unspecified atom stereocenters. The maximum Gasteiger partial charge on any atom is 0.267 e. The highest BCUT2D eigenvalue weighted by atomic mass is 79.9. The summed E-state index contributed by atoms with van der Waals surface area (Å²) in [5.41, 5.74) is 3.38. The van der Waals surface area contributed by atoms with E-state index in [1.165, 1.54) is 0 Å². The van der Waals surface area contributed by atoms with Crippen molar-refractivity contribution in [3.63, 3.8) is 0 Å². The molecule has 23 heavy (non-hydrogen) atoms. The van der Waals surface area contributed by atoms with E-state index in [-0.39, 0.29) is 5.91 Å². The highest BCUT2D eigenvalue weighted by molar-refractivity contribution is 9.10. The van der Waals surface area contributed by atoms with Gasteiger partial charge in [-0.1, -0.05) is 31.9 Å². The molecule has 0 fully saturated rings. The third kappa shape index (κ3) is 5.53. The maximum absolute atomic E-state index is 11.8. The summed E-state index contributed by atoms with van der Waals surface area (Å²) in [5.74, 6) is 5.71. The van der Waals surface area contributed by atoms with Gasteiger partial charge in [-0.05, 0) is 48.9 Å². The Labute approximate surface area is 151 Å². The van der Waals surface area contributed by atoms with E-state index >= 15 is 0 Å². The van der Waals surface area contributed by atoms with Crippen molar-refractivity contribution >= 4 is 43.5 Å². The second-order valence-electron chi connectivity index (χ2n) is 4.75. The first kappa shape index (κ1) is 17.8. The molecule has 0 saturated heterocycles. The lowest BCUT2D eigenvalue weighted by Crippen LogP contribution is -2.30. The van der Waals surface area contributed by atoms with Crippen LogP contribution in [0.2, 0.25) is 0 Å². The molecule has 122 valence electrons. The van der Waals surface area contributed by atoms with Crippen LogP contribution >= 0.6 is 31.9 Å². The van der Waals surface area contributed by atoms with Crippen molar-refractivity contribution in [2.45, 2.75) is 6.42 Å². The van der Waals surface area contributed by atoms with Crippen LogP contribution in [0.5, 0.6) is 5.75 Å². The summed E-state index contributed by atoms with van der Waals surface area (Å²) in [6, 6.07) is 13.1. The highest BCUT2D eigenvalue weighted by Crippen LogP contribution is 2.21. The first-order valence-electron chi connectivity index (χ1n) is 7.03. The number of hydrazine groups is 1. The van der Waals surface area contributed by atoms with Crippen LogP contribution in [0, 0.1) is 0 Å². The first-order valence-corrected chi connectivity index (χ1v) is 8.61. The fraction of sp³-hybridized carbons (Fsp3) is 0.188. The summed E-state index contributed by atoms with van der Waals surface area (Å²) in [4.78, 5) is 11.8. The molecule has 2 rings (SSSR count). The van der Waals surface area contributed by atoms with Gasteiger partial charge >= 0.3 is 0 Å². The molecule has 1 amide bonds. The van der Waals surface area contributed by atoms with Gasteiger partial charge in [-0.15, -0.1) is 0 Å². The van der Waals surface area contributed by atoms with Crippen LogP contribution < -0.4 is 21.3 Å². The topological polar surface area (TPSA) is 76.4 Å². The summed E-state index contributed by atoms with van der Waals surface area (Å²) in [6.07, 6.45) is 0.801. The van der Waals surface area contributed by atoms with Crippen LogP contribution in [0.3, 0.4) is 0 Å². The first-order chi connectivity index (χ1) is 11.1. The number of carbonyl (C=O) groups is 1. The number of rotatable bonds is 7. The van der Waals surface area contributed by atoms with E-state index < -0.39 is 0 Å². The zero-order valence-electron chi connectivity index (χ0n) is 12.3. The molecule has 0 radical (unpaired) electrons. The minimum Gasteiger partial charge on any atom is -0.494 e. The maximum atomic E-state index is 11.8. The number of benzene rings is 2. The third-order valence-electron chi connectivity index (χ3n) is 3.08. The van der Waals surface area contributed by atoms with Gasteiger partial charge in [0.05, 0.1) is 12.2 Å². The molecule has 0 spiro atoms. The summed E-state index contributed by atoms with van der Waals surface area (Å²) < 4.78 is 7.49. The SMILES string of the molecule is NNC(=O)c1cc(Br)ccc1NCCCOc1ccc(Br)cc1. The highest BCUT2D eigenvalue weighted by Gasteiger charge is 2.10. The molecule has 0 aliphatic rings. The molecule has 0 atom stereocenters. The smallest absolute Gasteiger partial charge is 0.267 e. The number of ether oxygens (including phenoxy) is 1. The van der Waals surface area contributed by atoms with Gasteiger partial charge in [-0.2, -0.15) is 0 Å². The number of nitrogens with two attached hydrogens (primary N) is 1. The molecule has 0 aromatic heterocycles. The predicted octanol–water partition coefficient (Wildman–Crippen LogP) is 3.70. The standard InChI is InChI=1S/C16H17Br2N3O2/c17-11-2-5-13(6-3-11)23-9-1-8-20-15-7-4-12(18)10-14(15)16(22)21-19/h2-7,10,20H,1,8-9,19H2,(H,21,22). The van der Waals surface area contributed by atoms with Gasteiger partial charge in [0.2, 0.25) is 0 Å². The Morgan fingerprint density at radius 3 is 2.48 bits per heavy atom. The van der Waals surface area contributed by atoms with Gasteiger partial charge in [0.1, 0.15) is 5.75 Å². The molecule has 2 aromatic carbocycles. The van der Waals surface area contributed by atoms with E-state index in [9.17, 15) is 4.79 Å². The molecule has 5 nitrogen and oxygen atoms in total. The zero-order valence-corrected chi connectivity index (χ0v) is 15.5. The van der Waals surface area contributed by atoms with Crippen LogP contribution in [-0.4, -0.2) is 19.1 Å². The van der Waals surface area contributed by atoms with E-state index in [2.05, 4.69) is 42.6 Å². The zero-order chi connectivity index (χ0) is 16.7. The van der Waals surface area contributed by atoms with Gasteiger partial charge < -0.3 is 10.1 Å². The fourth-order valence-electron chi connectivity index (χ4n) is 1.95. The third-order valence-corrected chi connectivity index (χ3v) is 4.10. The normalized spacial score (nSPS) is 10.2. The van der Waals surface area contributed by atoms with E-state index in [1.54, 1.807) is 6.07 Å². The van der Waals surface area contributed by atoms with E-state index in [4.69, 9.17) is 10.6 Å². The number of nitrogens with one attached hydrogen (secondary N) is 2. The average molecular weight is 443 g/mol. The number of carbonyl (C=O) groups excluding carboxylic acids is 1. The number of amides is 1. The van der Waals surface area contributed by atoms with Gasteiger partial charge in [0.15, 0.2) is 0 Å². The van der Waals surface area contributed by atoms with Gasteiger partial charge in [0, 0.05) is 21.2 Å². The Hall–Kier alpha value is -1.57. The molecule has 0 bridgehead atoms. The molecule has 0 heterocycles. The summed E-state index contributed by atoms with van der Waals surface area (Å²) >= 11 is 6.73. The van der Waals surface area contributed by atoms with Crippen molar-refractivity contribution in [3.8, 4) is 5.75 Å². The minimum atomic E-state index is -0.333. The largest absolute Gasteiger partial charge is 0.494 e. The van der Waals surface area contributed by atoms with Crippen molar-refractivity contribution in [3.05, 3.63) is 57.0 Å². The van der Waals surface area contributed by atoms with Gasteiger partial charge in [-0.3, -0.25) is 10.2 Å².